The van der Waals surface area contributed by atoms with Gasteiger partial charge >= 0.3 is 0 Å². The molecule has 1 aromatic carbocycles. The summed E-state index contributed by atoms with van der Waals surface area (Å²) in [4.78, 5) is 31.7. The average molecular weight is 523 g/mol. The molecule has 0 saturated carbocycles. The molecule has 2 unspecified atom stereocenters. The molecule has 5 heterocycles. The lowest BCUT2D eigenvalue weighted by Crippen LogP contribution is -2.46. The van der Waals surface area contributed by atoms with Crippen LogP contribution in [0, 0.1) is 0 Å². The highest BCUT2D eigenvalue weighted by molar-refractivity contribution is 5.96. The zero-order chi connectivity index (χ0) is 26.2. The highest BCUT2D eigenvalue weighted by atomic mass is 16.5. The number of carbonyl (C=O) groups excluding carboxylic acids is 1. The SMILES string of the molecule is COc1c(OC[C@@H](O)CN2CC3CCC(C2)O3)ccc2c3n(c(=NC(=O)c4cnc(N)nc4)nc12)CCN3. The van der Waals surface area contributed by atoms with Crippen molar-refractivity contribution in [3.05, 3.63) is 35.7 Å². The quantitative estimate of drug-likeness (QED) is 0.388. The third-order valence-corrected chi connectivity index (χ3v) is 7.05. The van der Waals surface area contributed by atoms with Gasteiger partial charge in [0.2, 0.25) is 11.6 Å². The van der Waals surface area contributed by atoms with Crippen molar-refractivity contribution in [1.82, 2.24) is 24.4 Å². The van der Waals surface area contributed by atoms with Gasteiger partial charge in [0, 0.05) is 50.5 Å². The molecule has 2 saturated heterocycles. The number of amides is 1. The zero-order valence-corrected chi connectivity index (χ0v) is 21.0. The summed E-state index contributed by atoms with van der Waals surface area (Å²) in [6.45, 7) is 3.54. The first-order valence-electron chi connectivity index (χ1n) is 12.7. The second-order valence-electron chi connectivity index (χ2n) is 9.72. The number of aliphatic hydroxyl groups excluding tert-OH is 1. The third-order valence-electron chi connectivity index (χ3n) is 7.05. The Morgan fingerprint density at radius 2 is 2.05 bits per heavy atom. The van der Waals surface area contributed by atoms with Crippen LogP contribution < -0.4 is 26.1 Å². The summed E-state index contributed by atoms with van der Waals surface area (Å²) in [5.41, 5.74) is 6.44. The first kappa shape index (κ1) is 24.5. The number of anilines is 2. The highest BCUT2D eigenvalue weighted by Gasteiger charge is 2.34. The fourth-order valence-corrected chi connectivity index (χ4v) is 5.33. The van der Waals surface area contributed by atoms with E-state index in [4.69, 9.17) is 19.9 Å². The van der Waals surface area contributed by atoms with Crippen molar-refractivity contribution in [3.8, 4) is 11.5 Å². The number of carbonyl (C=O) groups is 1. The van der Waals surface area contributed by atoms with E-state index in [0.29, 0.717) is 36.6 Å². The van der Waals surface area contributed by atoms with Crippen molar-refractivity contribution >= 4 is 28.6 Å². The number of hydrogen-bond acceptors (Lipinski definition) is 11. The predicted octanol–water partition coefficient (Wildman–Crippen LogP) is 0.187. The molecule has 3 aliphatic rings. The van der Waals surface area contributed by atoms with Gasteiger partial charge < -0.3 is 30.4 Å². The lowest BCUT2D eigenvalue weighted by Gasteiger charge is -2.33. The number of nitrogens with one attached hydrogen (secondary N) is 1. The number of β-amino-alcohol motifs (C(OH)–C–C–N with tert-alkyl or cyclic N) is 1. The standard InChI is InChI=1S/C25H30N8O5/c1-36-21-19(37-13-15(34)10-32-11-16-2-3-17(12-32)38-16)5-4-18-20(21)30-25(33-7-6-27-22(18)33)31-23(35)14-8-28-24(26)29-9-14/h4-5,8-9,15-17,27,34H,2-3,6-7,10-13H2,1H3,(H2,26,28,29)/t15-,16?,17?/m0/s1. The number of aliphatic hydroxyl groups is 1. The molecule has 1 amide bonds. The van der Waals surface area contributed by atoms with Gasteiger partial charge in [-0.05, 0) is 25.0 Å². The summed E-state index contributed by atoms with van der Waals surface area (Å²) in [6, 6.07) is 3.69. The summed E-state index contributed by atoms with van der Waals surface area (Å²) in [5.74, 6) is 1.16. The molecule has 0 radical (unpaired) electrons. The van der Waals surface area contributed by atoms with Crippen LogP contribution >= 0.6 is 0 Å². The number of aromatic nitrogens is 4. The number of rotatable bonds is 7. The van der Waals surface area contributed by atoms with Gasteiger partial charge in [-0.3, -0.25) is 14.3 Å². The van der Waals surface area contributed by atoms with E-state index in [-0.39, 0.29) is 35.9 Å². The van der Waals surface area contributed by atoms with E-state index >= 15 is 0 Å². The molecule has 13 heteroatoms. The molecule has 0 aliphatic carbocycles. The summed E-state index contributed by atoms with van der Waals surface area (Å²) in [5, 5.41) is 14.8. The van der Waals surface area contributed by atoms with Gasteiger partial charge in [-0.15, -0.1) is 0 Å². The molecule has 38 heavy (non-hydrogen) atoms. The number of fused-ring (bicyclic) bond motifs is 5. The Morgan fingerprint density at radius 3 is 2.79 bits per heavy atom. The first-order chi connectivity index (χ1) is 18.5. The zero-order valence-electron chi connectivity index (χ0n) is 21.0. The number of nitrogen functional groups attached to an aromatic ring is 1. The lowest BCUT2D eigenvalue weighted by atomic mass is 10.2. The summed E-state index contributed by atoms with van der Waals surface area (Å²) in [7, 11) is 1.53. The molecule has 6 rings (SSSR count). The van der Waals surface area contributed by atoms with E-state index in [1.54, 1.807) is 6.07 Å². The van der Waals surface area contributed by atoms with Gasteiger partial charge in [0.25, 0.3) is 5.91 Å². The van der Waals surface area contributed by atoms with Crippen molar-refractivity contribution in [3.63, 3.8) is 0 Å². The average Bonchev–Trinajstić information content (AvgIpc) is 3.54. The maximum Gasteiger partial charge on any atom is 0.283 e. The third kappa shape index (κ3) is 4.75. The normalized spacial score (nSPS) is 21.8. The minimum absolute atomic E-state index is 0.0734. The Bertz CT molecular complexity index is 1410. The molecule has 2 aromatic heterocycles. The Labute approximate surface area is 218 Å². The van der Waals surface area contributed by atoms with Crippen molar-refractivity contribution in [2.45, 2.75) is 37.7 Å². The number of hydrogen-bond donors (Lipinski definition) is 3. The Balaban J connectivity index is 1.27. The number of benzene rings is 1. The smallest absolute Gasteiger partial charge is 0.283 e. The van der Waals surface area contributed by atoms with Crippen LogP contribution in [-0.2, 0) is 11.3 Å². The number of likely N-dealkylation sites (tertiary alicyclic amines) is 1. The van der Waals surface area contributed by atoms with E-state index in [9.17, 15) is 9.90 Å². The van der Waals surface area contributed by atoms with Crippen LogP contribution in [0.5, 0.6) is 11.5 Å². The van der Waals surface area contributed by atoms with Gasteiger partial charge in [0.1, 0.15) is 24.0 Å². The Hall–Kier alpha value is -3.81. The largest absolute Gasteiger partial charge is 0.491 e. The Kier molecular flexibility index (Phi) is 6.55. The summed E-state index contributed by atoms with van der Waals surface area (Å²) >= 11 is 0. The number of morpholine rings is 1. The van der Waals surface area contributed by atoms with E-state index in [1.165, 1.54) is 19.5 Å². The second kappa shape index (κ2) is 10.2. The molecule has 0 spiro atoms. The molecule has 2 bridgehead atoms. The molecule has 200 valence electrons. The summed E-state index contributed by atoms with van der Waals surface area (Å²) < 4.78 is 19.4. The van der Waals surface area contributed by atoms with Crippen LogP contribution in [0.15, 0.2) is 29.5 Å². The van der Waals surface area contributed by atoms with Crippen LogP contribution in [0.4, 0.5) is 11.8 Å². The Morgan fingerprint density at radius 1 is 1.29 bits per heavy atom. The fourth-order valence-electron chi connectivity index (χ4n) is 5.33. The van der Waals surface area contributed by atoms with Crippen LogP contribution in [0.2, 0.25) is 0 Å². The van der Waals surface area contributed by atoms with Gasteiger partial charge in [-0.25, -0.2) is 15.0 Å². The molecular weight excluding hydrogens is 492 g/mol. The van der Waals surface area contributed by atoms with E-state index in [1.807, 2.05) is 10.6 Å². The molecule has 2 fully saturated rings. The maximum absolute atomic E-state index is 12.8. The van der Waals surface area contributed by atoms with E-state index in [0.717, 1.165) is 37.1 Å². The minimum Gasteiger partial charge on any atom is -0.491 e. The van der Waals surface area contributed by atoms with Gasteiger partial charge in [-0.2, -0.15) is 4.99 Å². The van der Waals surface area contributed by atoms with Crippen LogP contribution in [0.1, 0.15) is 23.2 Å². The monoisotopic (exact) mass is 522 g/mol. The number of nitrogens with zero attached hydrogens (tertiary/aromatic N) is 6. The number of nitrogens with two attached hydrogens (primary N) is 1. The minimum atomic E-state index is -0.677. The van der Waals surface area contributed by atoms with Crippen molar-refractivity contribution in [1.29, 1.82) is 0 Å². The number of methoxy groups -OCH3 is 1. The molecule has 3 aliphatic heterocycles. The van der Waals surface area contributed by atoms with E-state index in [2.05, 4.69) is 30.2 Å². The van der Waals surface area contributed by atoms with Crippen molar-refractivity contribution in [2.75, 3.05) is 50.9 Å². The molecule has 4 N–H and O–H groups in total. The lowest BCUT2D eigenvalue weighted by molar-refractivity contribution is -0.0529. The van der Waals surface area contributed by atoms with Crippen molar-refractivity contribution in [2.24, 2.45) is 4.99 Å². The van der Waals surface area contributed by atoms with E-state index < -0.39 is 12.0 Å². The van der Waals surface area contributed by atoms with Crippen LogP contribution in [-0.4, -0.2) is 93.6 Å². The highest BCUT2D eigenvalue weighted by Crippen LogP contribution is 2.37. The molecule has 3 aromatic rings. The first-order valence-corrected chi connectivity index (χ1v) is 12.7. The van der Waals surface area contributed by atoms with Crippen molar-refractivity contribution < 1.29 is 24.1 Å². The summed E-state index contributed by atoms with van der Waals surface area (Å²) in [6.07, 6.45) is 4.68. The maximum atomic E-state index is 12.8. The predicted molar refractivity (Wildman–Crippen MR) is 137 cm³/mol. The topological polar surface area (TPSA) is 162 Å². The molecular formula is C25H30N8O5. The molecule has 3 atom stereocenters. The fraction of sp³-hybridized carbons (Fsp3) is 0.480. The van der Waals surface area contributed by atoms with Gasteiger partial charge in [0.05, 0.1) is 24.9 Å². The second-order valence-corrected chi connectivity index (χ2v) is 9.72. The van der Waals surface area contributed by atoms with Gasteiger partial charge in [0.15, 0.2) is 11.5 Å². The van der Waals surface area contributed by atoms with Crippen LogP contribution in [0.25, 0.3) is 10.9 Å². The number of ether oxygens (including phenoxy) is 3. The molecule has 13 nitrogen and oxygen atoms in total. The van der Waals surface area contributed by atoms with Gasteiger partial charge in [-0.1, -0.05) is 0 Å². The van der Waals surface area contributed by atoms with Crippen LogP contribution in [0.3, 0.4) is 0 Å².